The van der Waals surface area contributed by atoms with Gasteiger partial charge in [-0.1, -0.05) is 24.3 Å². The van der Waals surface area contributed by atoms with E-state index in [0.717, 1.165) is 24.0 Å². The molecule has 0 unspecified atom stereocenters. The third kappa shape index (κ3) is 1.58. The molecule has 2 aliphatic rings. The maximum absolute atomic E-state index is 11.9. The topological polar surface area (TPSA) is 63.4 Å². The summed E-state index contributed by atoms with van der Waals surface area (Å²) in [5.41, 5.74) is 2.11. The van der Waals surface area contributed by atoms with Crippen molar-refractivity contribution in [1.82, 2.24) is 4.90 Å². The summed E-state index contributed by atoms with van der Waals surface area (Å²) in [6.07, 6.45) is 1.80. The SMILES string of the molecule is O=C1C[C@H]([N+](=O)[O-])[C@H]2c3ccccc3CCCN12. The smallest absolute Gasteiger partial charge is 0.246 e. The van der Waals surface area contributed by atoms with Crippen LogP contribution in [0.5, 0.6) is 0 Å². The number of hydrogen-bond acceptors (Lipinski definition) is 3. The number of benzene rings is 1. The van der Waals surface area contributed by atoms with Crippen LogP contribution in [-0.4, -0.2) is 28.3 Å². The quantitative estimate of drug-likeness (QED) is 0.558. The Kier molecular flexibility index (Phi) is 2.54. The third-order valence-electron chi connectivity index (χ3n) is 3.89. The van der Waals surface area contributed by atoms with Crippen LogP contribution < -0.4 is 0 Å². The Morgan fingerprint density at radius 2 is 2.11 bits per heavy atom. The average molecular weight is 246 g/mol. The number of carbonyl (C=O) groups is 1. The van der Waals surface area contributed by atoms with Gasteiger partial charge in [-0.15, -0.1) is 0 Å². The molecule has 0 bridgehead atoms. The Morgan fingerprint density at radius 1 is 1.33 bits per heavy atom. The predicted octanol–water partition coefficient (Wildman–Crippen LogP) is 1.55. The van der Waals surface area contributed by atoms with Crippen molar-refractivity contribution in [3.8, 4) is 0 Å². The number of aryl methyl sites for hydroxylation is 1. The Morgan fingerprint density at radius 3 is 2.89 bits per heavy atom. The maximum Gasteiger partial charge on any atom is 0.246 e. The van der Waals surface area contributed by atoms with Gasteiger partial charge in [0.25, 0.3) is 0 Å². The van der Waals surface area contributed by atoms with Crippen LogP contribution in [0.15, 0.2) is 24.3 Å². The predicted molar refractivity (Wildman–Crippen MR) is 64.6 cm³/mol. The summed E-state index contributed by atoms with van der Waals surface area (Å²) >= 11 is 0. The number of rotatable bonds is 1. The molecule has 2 heterocycles. The van der Waals surface area contributed by atoms with Gasteiger partial charge in [0.2, 0.25) is 11.9 Å². The molecule has 1 aromatic carbocycles. The minimum Gasteiger partial charge on any atom is -0.328 e. The first kappa shape index (κ1) is 11.2. The summed E-state index contributed by atoms with van der Waals surface area (Å²) in [6, 6.07) is 6.61. The van der Waals surface area contributed by atoms with E-state index in [0.29, 0.717) is 6.54 Å². The van der Waals surface area contributed by atoms with Gasteiger partial charge in [0.1, 0.15) is 6.04 Å². The normalized spacial score (nSPS) is 26.4. The van der Waals surface area contributed by atoms with Crippen LogP contribution in [0.2, 0.25) is 0 Å². The maximum atomic E-state index is 11.9. The number of carbonyl (C=O) groups excluding carboxylic acids is 1. The molecule has 0 aliphatic carbocycles. The van der Waals surface area contributed by atoms with E-state index in [9.17, 15) is 14.9 Å². The minimum atomic E-state index is -0.795. The lowest BCUT2D eigenvalue weighted by atomic mass is 9.95. The largest absolute Gasteiger partial charge is 0.328 e. The summed E-state index contributed by atoms with van der Waals surface area (Å²) in [5, 5.41) is 11.2. The van der Waals surface area contributed by atoms with Crippen molar-refractivity contribution >= 4 is 5.91 Å². The fraction of sp³-hybridized carbons (Fsp3) is 0.462. The van der Waals surface area contributed by atoms with E-state index in [1.165, 1.54) is 0 Å². The van der Waals surface area contributed by atoms with Gasteiger partial charge in [-0.25, -0.2) is 0 Å². The lowest BCUT2D eigenvalue weighted by Gasteiger charge is -2.23. The first-order chi connectivity index (χ1) is 8.68. The van der Waals surface area contributed by atoms with Crippen molar-refractivity contribution in [2.45, 2.75) is 31.3 Å². The molecule has 0 radical (unpaired) electrons. The highest BCUT2D eigenvalue weighted by Crippen LogP contribution is 2.38. The van der Waals surface area contributed by atoms with Crippen LogP contribution in [0.4, 0.5) is 0 Å². The van der Waals surface area contributed by atoms with Gasteiger partial charge >= 0.3 is 0 Å². The molecule has 1 fully saturated rings. The monoisotopic (exact) mass is 246 g/mol. The molecule has 0 N–H and O–H groups in total. The lowest BCUT2D eigenvalue weighted by molar-refractivity contribution is -0.525. The van der Waals surface area contributed by atoms with Gasteiger partial charge in [0.05, 0.1) is 6.42 Å². The Labute approximate surface area is 105 Å². The first-order valence-corrected chi connectivity index (χ1v) is 6.19. The number of fused-ring (bicyclic) bond motifs is 3. The molecule has 2 aliphatic heterocycles. The van der Waals surface area contributed by atoms with Crippen LogP contribution in [0.25, 0.3) is 0 Å². The van der Waals surface area contributed by atoms with Gasteiger partial charge in [-0.2, -0.15) is 0 Å². The fourth-order valence-corrected chi connectivity index (χ4v) is 3.09. The highest BCUT2D eigenvalue weighted by Gasteiger charge is 2.49. The van der Waals surface area contributed by atoms with Crippen LogP contribution in [-0.2, 0) is 11.2 Å². The minimum absolute atomic E-state index is 0.0337. The summed E-state index contributed by atoms with van der Waals surface area (Å²) in [7, 11) is 0. The Bertz CT molecular complexity index is 515. The highest BCUT2D eigenvalue weighted by atomic mass is 16.6. The van der Waals surface area contributed by atoms with Gasteiger partial charge in [0.15, 0.2) is 0 Å². The molecule has 3 rings (SSSR count). The third-order valence-corrected chi connectivity index (χ3v) is 3.89. The second kappa shape index (κ2) is 4.08. The van der Waals surface area contributed by atoms with Crippen molar-refractivity contribution in [2.24, 2.45) is 0 Å². The van der Waals surface area contributed by atoms with E-state index in [2.05, 4.69) is 0 Å². The van der Waals surface area contributed by atoms with Gasteiger partial charge in [0, 0.05) is 11.5 Å². The fourth-order valence-electron chi connectivity index (χ4n) is 3.09. The van der Waals surface area contributed by atoms with Gasteiger partial charge < -0.3 is 4.90 Å². The van der Waals surface area contributed by atoms with Crippen molar-refractivity contribution in [3.63, 3.8) is 0 Å². The van der Waals surface area contributed by atoms with Crippen molar-refractivity contribution in [2.75, 3.05) is 6.54 Å². The average Bonchev–Trinajstić information content (AvgIpc) is 2.57. The molecule has 5 nitrogen and oxygen atoms in total. The van der Waals surface area contributed by atoms with Crippen molar-refractivity contribution < 1.29 is 9.72 Å². The molecule has 1 aromatic rings. The van der Waals surface area contributed by atoms with Crippen LogP contribution >= 0.6 is 0 Å². The standard InChI is InChI=1S/C13H14N2O3/c16-12-8-11(15(17)18)13-10-6-2-1-4-9(10)5-3-7-14(12)13/h1-2,4,6,11,13H,3,5,7-8H2/t11-,13+/m0/s1. The summed E-state index contributed by atoms with van der Waals surface area (Å²) < 4.78 is 0. The summed E-state index contributed by atoms with van der Waals surface area (Å²) in [4.78, 5) is 24.5. The van der Waals surface area contributed by atoms with Crippen molar-refractivity contribution in [3.05, 3.63) is 45.5 Å². The van der Waals surface area contributed by atoms with E-state index < -0.39 is 6.04 Å². The second-order valence-corrected chi connectivity index (χ2v) is 4.89. The van der Waals surface area contributed by atoms with Gasteiger partial charge in [-0.3, -0.25) is 14.9 Å². The van der Waals surface area contributed by atoms with E-state index >= 15 is 0 Å². The molecular formula is C13H14N2O3. The molecule has 94 valence electrons. The lowest BCUT2D eigenvalue weighted by Crippen LogP contribution is -2.32. The molecule has 18 heavy (non-hydrogen) atoms. The van der Waals surface area contributed by atoms with Crippen LogP contribution in [0.1, 0.15) is 30.0 Å². The van der Waals surface area contributed by atoms with E-state index in [-0.39, 0.29) is 23.3 Å². The molecule has 1 saturated heterocycles. The molecule has 5 heteroatoms. The molecule has 2 atom stereocenters. The Hall–Kier alpha value is -1.91. The van der Waals surface area contributed by atoms with Gasteiger partial charge in [-0.05, 0) is 24.0 Å². The van der Waals surface area contributed by atoms with E-state index in [1.54, 1.807) is 4.90 Å². The molecule has 0 aromatic heterocycles. The molecule has 0 saturated carbocycles. The number of amides is 1. The zero-order valence-electron chi connectivity index (χ0n) is 9.91. The van der Waals surface area contributed by atoms with Crippen LogP contribution in [0.3, 0.4) is 0 Å². The second-order valence-electron chi connectivity index (χ2n) is 4.89. The number of nitrogens with zero attached hydrogens (tertiary/aromatic N) is 2. The molecule has 1 amide bonds. The van der Waals surface area contributed by atoms with E-state index in [1.807, 2.05) is 24.3 Å². The zero-order chi connectivity index (χ0) is 12.7. The summed E-state index contributed by atoms with van der Waals surface area (Å²) in [6.45, 7) is 0.628. The van der Waals surface area contributed by atoms with Crippen LogP contribution in [0, 0.1) is 10.1 Å². The zero-order valence-corrected chi connectivity index (χ0v) is 9.91. The number of hydrogen-bond donors (Lipinski definition) is 0. The summed E-state index contributed by atoms with van der Waals surface area (Å²) in [5.74, 6) is -0.0848. The molecule has 0 spiro atoms. The van der Waals surface area contributed by atoms with E-state index in [4.69, 9.17) is 0 Å². The Balaban J connectivity index is 2.10. The number of nitro groups is 1. The first-order valence-electron chi connectivity index (χ1n) is 6.19. The highest BCUT2D eigenvalue weighted by molar-refractivity contribution is 5.80. The molecular weight excluding hydrogens is 232 g/mol. The van der Waals surface area contributed by atoms with Crippen molar-refractivity contribution in [1.29, 1.82) is 0 Å².